The number of carboxylic acids is 1. The number of aryl methyl sites for hydroxylation is 1. The zero-order valence-electron chi connectivity index (χ0n) is 14.7. The minimum Gasteiger partial charge on any atom is -0.480 e. The van der Waals surface area contributed by atoms with Gasteiger partial charge in [-0.2, -0.15) is 13.2 Å². The molecule has 0 aliphatic heterocycles. The fourth-order valence-corrected chi connectivity index (χ4v) is 3.59. The van der Waals surface area contributed by atoms with E-state index in [0.29, 0.717) is 16.7 Å². The number of pyridine rings is 1. The van der Waals surface area contributed by atoms with Crippen LogP contribution in [0.4, 0.5) is 17.6 Å². The average Bonchev–Trinajstić information content (AvgIpc) is 3.06. The molecule has 0 radical (unpaired) electrons. The van der Waals surface area contributed by atoms with Gasteiger partial charge in [0.1, 0.15) is 16.9 Å². The van der Waals surface area contributed by atoms with Crippen molar-refractivity contribution in [3.8, 4) is 0 Å². The molecular weight excluding hydrogens is 362 g/mol. The molecule has 2 aromatic rings. The van der Waals surface area contributed by atoms with Gasteiger partial charge in [0.15, 0.2) is 0 Å². The number of halogens is 4. The van der Waals surface area contributed by atoms with E-state index in [1.165, 1.54) is 25.1 Å². The van der Waals surface area contributed by atoms with Crippen molar-refractivity contribution in [2.45, 2.75) is 38.3 Å². The maximum Gasteiger partial charge on any atom is 0.433 e. The van der Waals surface area contributed by atoms with Crippen LogP contribution in [0.3, 0.4) is 0 Å². The number of allylic oxidation sites excluding steroid dienone is 1. The highest BCUT2D eigenvalue weighted by atomic mass is 19.4. The summed E-state index contributed by atoms with van der Waals surface area (Å²) in [6.07, 6.45) is -1.68. The second-order valence-corrected chi connectivity index (χ2v) is 6.74. The third-order valence-corrected chi connectivity index (χ3v) is 5.07. The molecule has 1 N–H and O–H groups in total. The van der Waals surface area contributed by atoms with Gasteiger partial charge in [0.05, 0.1) is 0 Å². The predicted molar refractivity (Wildman–Crippen MR) is 91.6 cm³/mol. The second-order valence-electron chi connectivity index (χ2n) is 6.74. The number of carbonyl (C=O) groups is 1. The first kappa shape index (κ1) is 19.1. The lowest BCUT2D eigenvalue weighted by Gasteiger charge is -2.25. The van der Waals surface area contributed by atoms with E-state index in [4.69, 9.17) is 0 Å². The topological polar surface area (TPSA) is 50.2 Å². The van der Waals surface area contributed by atoms with Gasteiger partial charge in [0.2, 0.25) is 0 Å². The summed E-state index contributed by atoms with van der Waals surface area (Å²) >= 11 is 0. The number of hydrogen-bond donors (Lipinski definition) is 1. The third-order valence-electron chi connectivity index (χ3n) is 5.07. The largest absolute Gasteiger partial charge is 0.480 e. The van der Waals surface area contributed by atoms with Crippen LogP contribution >= 0.6 is 0 Å². The standard InChI is InChI=1S/C20H17F4NO2/c1-11-3-4-15(12(2)17(11)21)19(18(26)27)7-5-14(10-19)13-6-8-25-16(9-13)20(22,23)24/h3-4,6,8-10H,5,7H2,1-2H3,(H,26,27). The number of alkyl halides is 3. The Kier molecular flexibility index (Phi) is 4.57. The lowest BCUT2D eigenvalue weighted by atomic mass is 9.77. The first-order chi connectivity index (χ1) is 12.6. The van der Waals surface area contributed by atoms with Gasteiger partial charge in [-0.05, 0) is 66.6 Å². The Bertz CT molecular complexity index is 949. The van der Waals surface area contributed by atoms with Crippen molar-refractivity contribution in [3.63, 3.8) is 0 Å². The molecule has 0 fully saturated rings. The van der Waals surface area contributed by atoms with Gasteiger partial charge in [0.25, 0.3) is 0 Å². The first-order valence-corrected chi connectivity index (χ1v) is 8.31. The van der Waals surface area contributed by atoms with E-state index in [2.05, 4.69) is 4.98 Å². The molecule has 1 aromatic carbocycles. The van der Waals surface area contributed by atoms with Crippen LogP contribution in [0.5, 0.6) is 0 Å². The number of carboxylic acid groups (broad SMARTS) is 1. The van der Waals surface area contributed by atoms with Crippen LogP contribution < -0.4 is 0 Å². The Hall–Kier alpha value is -2.70. The molecule has 0 bridgehead atoms. The number of hydrogen-bond acceptors (Lipinski definition) is 2. The van der Waals surface area contributed by atoms with Crippen LogP contribution in [0.15, 0.2) is 36.5 Å². The molecule has 142 valence electrons. The number of aliphatic carboxylic acids is 1. The van der Waals surface area contributed by atoms with Crippen molar-refractivity contribution in [1.82, 2.24) is 4.98 Å². The lowest BCUT2D eigenvalue weighted by Crippen LogP contribution is -2.32. The summed E-state index contributed by atoms with van der Waals surface area (Å²) in [5, 5.41) is 9.89. The molecule has 0 spiro atoms. The van der Waals surface area contributed by atoms with E-state index in [9.17, 15) is 27.5 Å². The zero-order chi connectivity index (χ0) is 20.0. The SMILES string of the molecule is Cc1ccc(C2(C(=O)O)C=C(c3ccnc(C(F)(F)F)c3)CC2)c(C)c1F. The molecule has 1 aromatic heterocycles. The van der Waals surface area contributed by atoms with E-state index < -0.39 is 29.1 Å². The molecule has 27 heavy (non-hydrogen) atoms. The number of aromatic nitrogens is 1. The van der Waals surface area contributed by atoms with Crippen molar-refractivity contribution in [2.75, 3.05) is 0 Å². The van der Waals surface area contributed by atoms with Crippen molar-refractivity contribution >= 4 is 11.5 Å². The van der Waals surface area contributed by atoms with Gasteiger partial charge in [-0.15, -0.1) is 0 Å². The summed E-state index contributed by atoms with van der Waals surface area (Å²) in [6.45, 7) is 3.10. The predicted octanol–water partition coefficient (Wildman–Crippen LogP) is 5.06. The Labute approximate surface area is 153 Å². The minimum absolute atomic E-state index is 0.144. The molecule has 0 amide bonds. The lowest BCUT2D eigenvalue weighted by molar-refractivity contribution is -0.142. The van der Waals surface area contributed by atoms with E-state index in [-0.39, 0.29) is 24.0 Å². The molecule has 3 nitrogen and oxygen atoms in total. The summed E-state index contributed by atoms with van der Waals surface area (Å²) in [7, 11) is 0. The molecule has 1 aliphatic rings. The Balaban J connectivity index is 2.13. The van der Waals surface area contributed by atoms with Crippen LogP contribution in [-0.4, -0.2) is 16.1 Å². The van der Waals surface area contributed by atoms with Crippen molar-refractivity contribution in [3.05, 3.63) is 70.3 Å². The second kappa shape index (κ2) is 6.48. The summed E-state index contributed by atoms with van der Waals surface area (Å²) < 4.78 is 53.1. The maximum atomic E-state index is 14.3. The molecule has 1 heterocycles. The number of rotatable bonds is 3. The van der Waals surface area contributed by atoms with Gasteiger partial charge in [-0.25, -0.2) is 4.39 Å². The molecular formula is C20H17F4NO2. The number of nitrogens with zero attached hydrogens (tertiary/aromatic N) is 1. The molecule has 1 atom stereocenters. The smallest absolute Gasteiger partial charge is 0.433 e. The Morgan fingerprint density at radius 3 is 2.56 bits per heavy atom. The third kappa shape index (κ3) is 3.22. The molecule has 0 saturated carbocycles. The van der Waals surface area contributed by atoms with Gasteiger partial charge < -0.3 is 5.11 Å². The summed E-state index contributed by atoms with van der Waals surface area (Å²) in [5.74, 6) is -1.63. The van der Waals surface area contributed by atoms with E-state index >= 15 is 0 Å². The van der Waals surface area contributed by atoms with Gasteiger partial charge in [0, 0.05) is 6.20 Å². The first-order valence-electron chi connectivity index (χ1n) is 8.31. The number of benzene rings is 1. The monoisotopic (exact) mass is 379 g/mol. The molecule has 7 heteroatoms. The van der Waals surface area contributed by atoms with Crippen LogP contribution in [0.1, 0.15) is 40.8 Å². The van der Waals surface area contributed by atoms with Crippen LogP contribution in [0, 0.1) is 19.7 Å². The summed E-state index contributed by atoms with van der Waals surface area (Å²) in [4.78, 5) is 15.4. The van der Waals surface area contributed by atoms with Crippen LogP contribution in [-0.2, 0) is 16.4 Å². The molecule has 0 saturated heterocycles. The molecule has 3 rings (SSSR count). The fourth-order valence-electron chi connectivity index (χ4n) is 3.59. The van der Waals surface area contributed by atoms with Crippen molar-refractivity contribution in [1.29, 1.82) is 0 Å². The zero-order valence-corrected chi connectivity index (χ0v) is 14.7. The summed E-state index contributed by atoms with van der Waals surface area (Å²) in [6, 6.07) is 5.42. The van der Waals surface area contributed by atoms with Gasteiger partial charge in [-0.1, -0.05) is 18.2 Å². The van der Waals surface area contributed by atoms with E-state index in [1.807, 2.05) is 0 Å². The molecule has 1 aliphatic carbocycles. The van der Waals surface area contributed by atoms with Crippen LogP contribution in [0.25, 0.3) is 5.57 Å². The normalized spacial score (nSPS) is 19.9. The Morgan fingerprint density at radius 2 is 1.93 bits per heavy atom. The van der Waals surface area contributed by atoms with Crippen molar-refractivity contribution in [2.24, 2.45) is 0 Å². The van der Waals surface area contributed by atoms with E-state index in [0.717, 1.165) is 12.3 Å². The fraction of sp³-hybridized carbons (Fsp3) is 0.300. The molecule has 1 unspecified atom stereocenters. The summed E-state index contributed by atoms with van der Waals surface area (Å²) in [5.41, 5.74) is -0.806. The van der Waals surface area contributed by atoms with Crippen LogP contribution in [0.2, 0.25) is 0 Å². The highest BCUT2D eigenvalue weighted by molar-refractivity contribution is 5.90. The highest BCUT2D eigenvalue weighted by Crippen LogP contribution is 2.45. The Morgan fingerprint density at radius 1 is 1.22 bits per heavy atom. The van der Waals surface area contributed by atoms with Crippen molar-refractivity contribution < 1.29 is 27.5 Å². The minimum atomic E-state index is -4.59. The quantitative estimate of drug-likeness (QED) is 0.759. The van der Waals surface area contributed by atoms with Gasteiger partial charge >= 0.3 is 12.1 Å². The maximum absolute atomic E-state index is 14.3. The van der Waals surface area contributed by atoms with E-state index in [1.54, 1.807) is 13.0 Å². The average molecular weight is 379 g/mol. The van der Waals surface area contributed by atoms with Gasteiger partial charge in [-0.3, -0.25) is 9.78 Å². The highest BCUT2D eigenvalue weighted by Gasteiger charge is 2.44.